The van der Waals surface area contributed by atoms with Crippen LogP contribution in [0.15, 0.2) is 41.6 Å². The normalized spacial score (nSPS) is 10.9. The largest absolute Gasteiger partial charge is 0.303 e. The van der Waals surface area contributed by atoms with E-state index in [2.05, 4.69) is 17.3 Å². The van der Waals surface area contributed by atoms with Crippen LogP contribution in [0.1, 0.15) is 69.8 Å². The van der Waals surface area contributed by atoms with E-state index in [9.17, 15) is 9.70 Å². The highest BCUT2D eigenvalue weighted by Gasteiger charge is 2.05. The van der Waals surface area contributed by atoms with Crippen molar-refractivity contribution in [2.24, 2.45) is 5.18 Å². The van der Waals surface area contributed by atoms with E-state index in [0.717, 1.165) is 36.3 Å². The standard InChI is InChI=1S/C22H29NO2/c24-18-12-8-6-4-2-1-3-5-7-9-13-19-16-17-22(23-25)21-15-11-10-14-20(19)21/h10-11,14-18H,1-9,12-13H2. The van der Waals surface area contributed by atoms with E-state index in [1.54, 1.807) is 0 Å². The van der Waals surface area contributed by atoms with Gasteiger partial charge in [0, 0.05) is 11.8 Å². The summed E-state index contributed by atoms with van der Waals surface area (Å²) in [6, 6.07) is 11.9. The van der Waals surface area contributed by atoms with Gasteiger partial charge < -0.3 is 4.79 Å². The minimum atomic E-state index is 0.535. The molecule has 2 aromatic carbocycles. The molecule has 0 fully saturated rings. The lowest BCUT2D eigenvalue weighted by Gasteiger charge is -2.08. The Bertz CT molecular complexity index is 666. The predicted molar refractivity (Wildman–Crippen MR) is 105 cm³/mol. The van der Waals surface area contributed by atoms with Crippen LogP contribution in [0.4, 0.5) is 5.69 Å². The monoisotopic (exact) mass is 339 g/mol. The third-order valence-corrected chi connectivity index (χ3v) is 4.86. The van der Waals surface area contributed by atoms with Crippen molar-refractivity contribution < 1.29 is 4.79 Å². The molecule has 3 heteroatoms. The van der Waals surface area contributed by atoms with Gasteiger partial charge in [-0.05, 0) is 41.5 Å². The minimum Gasteiger partial charge on any atom is -0.303 e. The molecule has 0 unspecified atom stereocenters. The topological polar surface area (TPSA) is 46.5 Å². The van der Waals surface area contributed by atoms with E-state index in [1.165, 1.54) is 56.9 Å². The Kier molecular flexibility index (Phi) is 8.89. The molecule has 0 N–H and O–H groups in total. The zero-order valence-corrected chi connectivity index (χ0v) is 15.1. The number of hydrogen-bond donors (Lipinski definition) is 0. The number of aldehydes is 1. The van der Waals surface area contributed by atoms with Crippen molar-refractivity contribution in [1.82, 2.24) is 0 Å². The van der Waals surface area contributed by atoms with Crippen molar-refractivity contribution in [2.45, 2.75) is 70.6 Å². The molecule has 0 saturated carbocycles. The van der Waals surface area contributed by atoms with E-state index < -0.39 is 0 Å². The molecule has 0 aromatic heterocycles. The van der Waals surface area contributed by atoms with Gasteiger partial charge in [0.05, 0.1) is 0 Å². The van der Waals surface area contributed by atoms with Gasteiger partial charge in [-0.2, -0.15) is 0 Å². The SMILES string of the molecule is O=CCCCCCCCCCCCc1ccc(N=O)c2ccccc12. The molecule has 0 spiro atoms. The van der Waals surface area contributed by atoms with Crippen LogP contribution >= 0.6 is 0 Å². The summed E-state index contributed by atoms with van der Waals surface area (Å²) in [4.78, 5) is 21.2. The molecule has 3 nitrogen and oxygen atoms in total. The average Bonchev–Trinajstić information content (AvgIpc) is 2.66. The summed E-state index contributed by atoms with van der Waals surface area (Å²) in [6.07, 6.45) is 14.0. The number of hydrogen-bond acceptors (Lipinski definition) is 3. The fourth-order valence-corrected chi connectivity index (χ4v) is 3.42. The number of carbonyl (C=O) groups excluding carboxylic acids is 1. The number of nitroso groups, excluding NO2 is 1. The molecular weight excluding hydrogens is 310 g/mol. The zero-order valence-electron chi connectivity index (χ0n) is 15.1. The molecule has 0 saturated heterocycles. The number of rotatable bonds is 13. The number of aryl methyl sites for hydroxylation is 1. The van der Waals surface area contributed by atoms with E-state index in [-0.39, 0.29) is 0 Å². The van der Waals surface area contributed by atoms with Crippen LogP contribution in [0.2, 0.25) is 0 Å². The lowest BCUT2D eigenvalue weighted by molar-refractivity contribution is -0.107. The fourth-order valence-electron chi connectivity index (χ4n) is 3.42. The second kappa shape index (κ2) is 11.5. The Morgan fingerprint density at radius 1 is 0.720 bits per heavy atom. The summed E-state index contributed by atoms with van der Waals surface area (Å²) < 4.78 is 0. The summed E-state index contributed by atoms with van der Waals surface area (Å²) in [5.41, 5.74) is 1.85. The van der Waals surface area contributed by atoms with Crippen LogP contribution < -0.4 is 0 Å². The summed E-state index contributed by atoms with van der Waals surface area (Å²) >= 11 is 0. The van der Waals surface area contributed by atoms with Crippen molar-refractivity contribution in [3.8, 4) is 0 Å². The molecule has 0 amide bonds. The van der Waals surface area contributed by atoms with Crippen LogP contribution in [0.5, 0.6) is 0 Å². The summed E-state index contributed by atoms with van der Waals surface area (Å²) in [5.74, 6) is 0. The third-order valence-electron chi connectivity index (χ3n) is 4.86. The maximum Gasteiger partial charge on any atom is 0.119 e. The van der Waals surface area contributed by atoms with Gasteiger partial charge in [0.15, 0.2) is 0 Å². The molecular formula is C22H29NO2. The van der Waals surface area contributed by atoms with Gasteiger partial charge in [-0.15, -0.1) is 4.91 Å². The van der Waals surface area contributed by atoms with Crippen LogP contribution in [0, 0.1) is 4.91 Å². The number of nitrogens with zero attached hydrogens (tertiary/aromatic N) is 1. The molecule has 0 aliphatic carbocycles. The Labute approximate surface area is 150 Å². The number of carbonyl (C=O) groups is 1. The maximum absolute atomic E-state index is 10.9. The number of fused-ring (bicyclic) bond motifs is 1. The molecule has 0 aliphatic rings. The van der Waals surface area contributed by atoms with E-state index in [0.29, 0.717) is 5.69 Å². The van der Waals surface area contributed by atoms with E-state index >= 15 is 0 Å². The quantitative estimate of drug-likeness (QED) is 0.227. The van der Waals surface area contributed by atoms with Crippen molar-refractivity contribution in [1.29, 1.82) is 0 Å². The van der Waals surface area contributed by atoms with E-state index in [4.69, 9.17) is 0 Å². The van der Waals surface area contributed by atoms with Gasteiger partial charge >= 0.3 is 0 Å². The summed E-state index contributed by atoms with van der Waals surface area (Å²) in [5, 5.41) is 5.26. The van der Waals surface area contributed by atoms with E-state index in [1.807, 2.05) is 24.3 Å². The van der Waals surface area contributed by atoms with Gasteiger partial charge in [0.25, 0.3) is 0 Å². The van der Waals surface area contributed by atoms with Gasteiger partial charge in [0.1, 0.15) is 12.0 Å². The van der Waals surface area contributed by atoms with Gasteiger partial charge in [-0.3, -0.25) is 0 Å². The van der Waals surface area contributed by atoms with Crippen molar-refractivity contribution in [3.05, 3.63) is 46.9 Å². The molecule has 0 radical (unpaired) electrons. The maximum atomic E-state index is 10.9. The molecule has 134 valence electrons. The lowest BCUT2D eigenvalue weighted by atomic mass is 9.98. The molecule has 0 aliphatic heterocycles. The van der Waals surface area contributed by atoms with Gasteiger partial charge in [-0.25, -0.2) is 0 Å². The molecule has 2 aromatic rings. The fraction of sp³-hybridized carbons (Fsp3) is 0.500. The van der Waals surface area contributed by atoms with Crippen LogP contribution in [0.25, 0.3) is 10.8 Å². The Morgan fingerprint density at radius 3 is 1.96 bits per heavy atom. The summed E-state index contributed by atoms with van der Waals surface area (Å²) in [6.45, 7) is 0. The third kappa shape index (κ3) is 6.41. The minimum absolute atomic E-state index is 0.535. The van der Waals surface area contributed by atoms with Crippen molar-refractivity contribution in [2.75, 3.05) is 0 Å². The van der Waals surface area contributed by atoms with Crippen molar-refractivity contribution >= 4 is 22.7 Å². The molecule has 0 bridgehead atoms. The number of benzene rings is 2. The average molecular weight is 339 g/mol. The molecule has 2 rings (SSSR count). The Balaban J connectivity index is 1.65. The first-order valence-electron chi connectivity index (χ1n) is 9.64. The number of unbranched alkanes of at least 4 members (excludes halogenated alkanes) is 9. The second-order valence-electron chi connectivity index (χ2n) is 6.77. The smallest absolute Gasteiger partial charge is 0.119 e. The Hall–Kier alpha value is -2.03. The highest BCUT2D eigenvalue weighted by atomic mass is 16.3. The highest BCUT2D eigenvalue weighted by Crippen LogP contribution is 2.29. The van der Waals surface area contributed by atoms with Crippen molar-refractivity contribution in [3.63, 3.8) is 0 Å². The highest BCUT2D eigenvalue weighted by molar-refractivity contribution is 5.94. The van der Waals surface area contributed by atoms with Crippen LogP contribution in [-0.4, -0.2) is 6.29 Å². The predicted octanol–water partition coefficient (Wildman–Crippen LogP) is 6.88. The summed E-state index contributed by atoms with van der Waals surface area (Å²) in [7, 11) is 0. The lowest BCUT2D eigenvalue weighted by Crippen LogP contribution is -1.89. The van der Waals surface area contributed by atoms with Gasteiger partial charge in [-0.1, -0.05) is 75.3 Å². The Morgan fingerprint density at radius 2 is 1.32 bits per heavy atom. The first kappa shape index (κ1) is 19.3. The first-order chi connectivity index (χ1) is 12.4. The van der Waals surface area contributed by atoms with Crippen LogP contribution in [-0.2, 0) is 11.2 Å². The molecule has 0 heterocycles. The second-order valence-corrected chi connectivity index (χ2v) is 6.77. The first-order valence-corrected chi connectivity index (χ1v) is 9.64. The molecule has 25 heavy (non-hydrogen) atoms. The van der Waals surface area contributed by atoms with Crippen LogP contribution in [0.3, 0.4) is 0 Å². The van der Waals surface area contributed by atoms with Gasteiger partial charge in [0.2, 0.25) is 0 Å². The zero-order chi connectivity index (χ0) is 17.7. The molecule has 0 atom stereocenters.